The molecule has 0 bridgehead atoms. The molecule has 1 heterocycles. The van der Waals surface area contributed by atoms with Crippen LogP contribution in [0.25, 0.3) is 0 Å². The lowest BCUT2D eigenvalue weighted by molar-refractivity contribution is -0.115. The van der Waals surface area contributed by atoms with E-state index < -0.39 is 0 Å². The molecule has 0 aliphatic rings. The molecule has 0 fully saturated rings. The third-order valence-corrected chi connectivity index (χ3v) is 6.25. The highest BCUT2D eigenvalue weighted by atomic mass is 35.5. The number of amides is 1. The molecule has 0 radical (unpaired) electrons. The van der Waals surface area contributed by atoms with Crippen LogP contribution in [-0.4, -0.2) is 10.9 Å². The van der Waals surface area contributed by atoms with Gasteiger partial charge in [0.1, 0.15) is 4.34 Å². The molecule has 0 atom stereocenters. The fourth-order valence-electron chi connectivity index (χ4n) is 2.31. The number of thioether (sulfide) groups is 1. The van der Waals surface area contributed by atoms with Crippen molar-refractivity contribution in [2.24, 2.45) is 0 Å². The molecule has 2 aromatic carbocycles. The van der Waals surface area contributed by atoms with E-state index >= 15 is 0 Å². The number of carbonyl (C=O) groups is 1. The fraction of sp³-hybridized carbons (Fsp3) is 0.158. The maximum Gasteiger partial charge on any atom is 0.230 e. The molecule has 3 aromatic rings. The molecule has 26 heavy (non-hydrogen) atoms. The predicted octanol–water partition coefficient (Wildman–Crippen LogP) is 6.23. The van der Waals surface area contributed by atoms with Gasteiger partial charge in [0.25, 0.3) is 0 Å². The predicted molar refractivity (Wildman–Crippen MR) is 112 cm³/mol. The van der Waals surface area contributed by atoms with E-state index in [1.54, 1.807) is 17.8 Å². The minimum atomic E-state index is -0.0711. The van der Waals surface area contributed by atoms with Crippen LogP contribution >= 0.6 is 46.3 Å². The summed E-state index contributed by atoms with van der Waals surface area (Å²) in [6.07, 6.45) is 0.257. The van der Waals surface area contributed by atoms with E-state index in [0.717, 1.165) is 26.8 Å². The summed E-state index contributed by atoms with van der Waals surface area (Å²) in [6.45, 7) is 1.99. The van der Waals surface area contributed by atoms with Crippen LogP contribution < -0.4 is 5.32 Å². The van der Waals surface area contributed by atoms with Crippen molar-refractivity contribution in [2.75, 3.05) is 5.32 Å². The number of aromatic nitrogens is 1. The Bertz CT molecular complexity index is 927. The zero-order valence-corrected chi connectivity index (χ0v) is 17.1. The van der Waals surface area contributed by atoms with Gasteiger partial charge in [-0.1, -0.05) is 53.2 Å². The maximum atomic E-state index is 12.2. The number of benzene rings is 2. The van der Waals surface area contributed by atoms with Crippen molar-refractivity contribution in [3.05, 3.63) is 74.7 Å². The van der Waals surface area contributed by atoms with E-state index in [0.29, 0.717) is 15.8 Å². The summed E-state index contributed by atoms with van der Waals surface area (Å²) in [5.74, 6) is 0.636. The molecule has 0 saturated carbocycles. The standard InChI is InChI=1S/C19H16Cl2N2OS2/c1-12-3-2-4-15(7-12)22-18(24)9-16-11-26-19(23-16)25-10-13-5-6-14(20)8-17(13)21/h2-8,11H,9-10H2,1H3,(H,22,24). The summed E-state index contributed by atoms with van der Waals surface area (Å²) >= 11 is 15.2. The molecule has 0 unspecified atom stereocenters. The van der Waals surface area contributed by atoms with Gasteiger partial charge in [0, 0.05) is 26.9 Å². The maximum absolute atomic E-state index is 12.2. The first kappa shape index (κ1) is 19.2. The van der Waals surface area contributed by atoms with E-state index in [-0.39, 0.29) is 12.3 Å². The normalized spacial score (nSPS) is 10.7. The summed E-state index contributed by atoms with van der Waals surface area (Å²) in [5, 5.41) is 6.10. The lowest BCUT2D eigenvalue weighted by Crippen LogP contribution is -2.14. The van der Waals surface area contributed by atoms with Crippen LogP contribution in [0.15, 0.2) is 52.2 Å². The first-order valence-corrected chi connectivity index (χ1v) is 10.5. The van der Waals surface area contributed by atoms with Gasteiger partial charge in [0.2, 0.25) is 5.91 Å². The van der Waals surface area contributed by atoms with Crippen molar-refractivity contribution in [3.63, 3.8) is 0 Å². The first-order chi connectivity index (χ1) is 12.5. The smallest absolute Gasteiger partial charge is 0.230 e. The number of nitrogens with one attached hydrogen (secondary N) is 1. The number of nitrogens with zero attached hydrogens (tertiary/aromatic N) is 1. The van der Waals surface area contributed by atoms with E-state index in [4.69, 9.17) is 23.2 Å². The Kier molecular flexibility index (Phi) is 6.59. The highest BCUT2D eigenvalue weighted by molar-refractivity contribution is 8.00. The monoisotopic (exact) mass is 422 g/mol. The molecule has 3 rings (SSSR count). The first-order valence-electron chi connectivity index (χ1n) is 7.87. The second-order valence-electron chi connectivity index (χ2n) is 5.72. The van der Waals surface area contributed by atoms with Gasteiger partial charge in [-0.05, 0) is 42.3 Å². The minimum Gasteiger partial charge on any atom is -0.326 e. The molecule has 134 valence electrons. The zero-order chi connectivity index (χ0) is 18.5. The van der Waals surface area contributed by atoms with Crippen LogP contribution in [0.1, 0.15) is 16.8 Å². The summed E-state index contributed by atoms with van der Waals surface area (Å²) < 4.78 is 0.911. The largest absolute Gasteiger partial charge is 0.326 e. The third-order valence-electron chi connectivity index (χ3n) is 3.54. The number of anilines is 1. The van der Waals surface area contributed by atoms with E-state index in [9.17, 15) is 4.79 Å². The molecule has 3 nitrogen and oxygen atoms in total. The summed E-state index contributed by atoms with van der Waals surface area (Å²) in [4.78, 5) is 16.7. The van der Waals surface area contributed by atoms with E-state index in [1.807, 2.05) is 48.7 Å². The molecule has 1 amide bonds. The number of hydrogen-bond acceptors (Lipinski definition) is 4. The number of rotatable bonds is 6. The van der Waals surface area contributed by atoms with Gasteiger partial charge >= 0.3 is 0 Å². The number of thiazole rings is 1. The van der Waals surface area contributed by atoms with E-state index in [2.05, 4.69) is 10.3 Å². The fourth-order valence-corrected chi connectivity index (χ4v) is 4.71. The van der Waals surface area contributed by atoms with Gasteiger partial charge in [-0.25, -0.2) is 4.98 Å². The SMILES string of the molecule is Cc1cccc(NC(=O)Cc2csc(SCc3ccc(Cl)cc3Cl)n2)c1. The Balaban J connectivity index is 1.55. The van der Waals surface area contributed by atoms with Crippen LogP contribution in [0.5, 0.6) is 0 Å². The van der Waals surface area contributed by atoms with Crippen LogP contribution in [-0.2, 0) is 17.0 Å². The number of hydrogen-bond donors (Lipinski definition) is 1. The number of carbonyl (C=O) groups excluding carboxylic acids is 1. The lowest BCUT2D eigenvalue weighted by Gasteiger charge is -2.04. The highest BCUT2D eigenvalue weighted by Gasteiger charge is 2.10. The van der Waals surface area contributed by atoms with Crippen molar-refractivity contribution in [2.45, 2.75) is 23.4 Å². The van der Waals surface area contributed by atoms with Crippen molar-refractivity contribution in [1.29, 1.82) is 0 Å². The highest BCUT2D eigenvalue weighted by Crippen LogP contribution is 2.30. The van der Waals surface area contributed by atoms with Crippen molar-refractivity contribution in [3.8, 4) is 0 Å². The molecule has 0 aliphatic carbocycles. The molecule has 0 aliphatic heterocycles. The Morgan fingerprint density at radius 2 is 2.08 bits per heavy atom. The van der Waals surface area contributed by atoms with Crippen LogP contribution in [0.3, 0.4) is 0 Å². The van der Waals surface area contributed by atoms with Crippen molar-refractivity contribution >= 4 is 57.9 Å². The van der Waals surface area contributed by atoms with Crippen molar-refractivity contribution in [1.82, 2.24) is 4.98 Å². The lowest BCUT2D eigenvalue weighted by atomic mass is 10.2. The van der Waals surface area contributed by atoms with Crippen molar-refractivity contribution < 1.29 is 4.79 Å². The Hall–Kier alpha value is -1.53. The molecular formula is C19H16Cl2N2OS2. The topological polar surface area (TPSA) is 42.0 Å². The minimum absolute atomic E-state index is 0.0711. The van der Waals surface area contributed by atoms with Gasteiger partial charge in [-0.3, -0.25) is 4.79 Å². The number of halogens is 2. The zero-order valence-electron chi connectivity index (χ0n) is 14.0. The van der Waals surface area contributed by atoms with Gasteiger partial charge in [0.05, 0.1) is 12.1 Å². The molecule has 7 heteroatoms. The Morgan fingerprint density at radius 1 is 1.23 bits per heavy atom. The van der Waals surface area contributed by atoms with Gasteiger partial charge in [-0.2, -0.15) is 0 Å². The molecular weight excluding hydrogens is 407 g/mol. The van der Waals surface area contributed by atoms with Crippen LogP contribution in [0.2, 0.25) is 10.0 Å². The average Bonchev–Trinajstić information content (AvgIpc) is 3.01. The quantitative estimate of drug-likeness (QED) is 0.478. The average molecular weight is 423 g/mol. The van der Waals surface area contributed by atoms with Gasteiger partial charge in [0.15, 0.2) is 0 Å². The van der Waals surface area contributed by atoms with Gasteiger partial charge < -0.3 is 5.32 Å². The Morgan fingerprint density at radius 3 is 2.85 bits per heavy atom. The summed E-state index contributed by atoms with van der Waals surface area (Å²) in [6, 6.07) is 13.2. The van der Waals surface area contributed by atoms with Crippen LogP contribution in [0, 0.1) is 6.92 Å². The van der Waals surface area contributed by atoms with Crippen LogP contribution in [0.4, 0.5) is 5.69 Å². The summed E-state index contributed by atoms with van der Waals surface area (Å²) in [5.41, 5.74) is 3.69. The molecule has 1 N–H and O–H groups in total. The van der Waals surface area contributed by atoms with Gasteiger partial charge in [-0.15, -0.1) is 11.3 Å². The molecule has 0 spiro atoms. The number of aryl methyl sites for hydroxylation is 1. The molecule has 0 saturated heterocycles. The summed E-state index contributed by atoms with van der Waals surface area (Å²) in [7, 11) is 0. The second kappa shape index (κ2) is 8.91. The Labute approximate surface area is 170 Å². The molecule has 1 aromatic heterocycles. The third kappa shape index (κ3) is 5.48. The second-order valence-corrected chi connectivity index (χ2v) is 8.65. The van der Waals surface area contributed by atoms with E-state index in [1.165, 1.54) is 11.3 Å².